The summed E-state index contributed by atoms with van der Waals surface area (Å²) in [7, 11) is 1.62. The molecule has 1 amide bonds. The number of carbonyl (C=O) groups is 1. The molecule has 1 aliphatic heterocycles. The van der Waals surface area contributed by atoms with Crippen LogP contribution in [0.1, 0.15) is 36.0 Å². The molecule has 4 aromatic carbocycles. The summed E-state index contributed by atoms with van der Waals surface area (Å²) in [6, 6.07) is 29.4. The van der Waals surface area contributed by atoms with Crippen molar-refractivity contribution < 1.29 is 18.7 Å². The highest BCUT2D eigenvalue weighted by Crippen LogP contribution is 2.39. The van der Waals surface area contributed by atoms with Crippen LogP contribution in [0.25, 0.3) is 33.1 Å². The third kappa shape index (κ3) is 7.53. The van der Waals surface area contributed by atoms with Crippen molar-refractivity contribution in [2.45, 2.75) is 35.5 Å². The number of piperidine rings is 1. The highest BCUT2D eigenvalue weighted by atomic mass is 32.2. The fourth-order valence-corrected chi connectivity index (χ4v) is 7.17. The van der Waals surface area contributed by atoms with Crippen LogP contribution in [0, 0.1) is 5.82 Å². The minimum absolute atomic E-state index is 0.340. The minimum atomic E-state index is -0.446. The molecule has 49 heavy (non-hydrogen) atoms. The van der Waals surface area contributed by atoms with E-state index in [2.05, 4.69) is 15.2 Å². The molecule has 0 radical (unpaired) electrons. The number of hydrogen-bond acceptors (Lipinski definition) is 7. The molecule has 1 fully saturated rings. The van der Waals surface area contributed by atoms with E-state index in [0.717, 1.165) is 39.7 Å². The van der Waals surface area contributed by atoms with Gasteiger partial charge in [-0.15, -0.1) is 0 Å². The molecule has 0 unspecified atom stereocenters. The molecule has 2 aromatic heterocycles. The van der Waals surface area contributed by atoms with E-state index in [9.17, 15) is 4.79 Å². The number of para-hydroxylation sites is 1. The molecule has 7 rings (SSSR count). The molecule has 6 aromatic rings. The molecule has 0 bridgehead atoms. The number of benzene rings is 4. The number of rotatable bonds is 11. The van der Waals surface area contributed by atoms with Gasteiger partial charge in [0.2, 0.25) is 0 Å². The van der Waals surface area contributed by atoms with E-state index in [4.69, 9.17) is 14.5 Å². The molecular formula is C40H37FN4O3S. The molecule has 1 aliphatic rings. The van der Waals surface area contributed by atoms with Gasteiger partial charge in [0, 0.05) is 50.6 Å². The summed E-state index contributed by atoms with van der Waals surface area (Å²) >= 11 is 1.29. The summed E-state index contributed by atoms with van der Waals surface area (Å²) < 4.78 is 27.4. The Morgan fingerprint density at radius 3 is 2.49 bits per heavy atom. The Bertz CT molecular complexity index is 2100. The average molecular weight is 673 g/mol. The Morgan fingerprint density at radius 1 is 0.857 bits per heavy atom. The van der Waals surface area contributed by atoms with E-state index in [1.54, 1.807) is 31.5 Å². The molecule has 0 atom stereocenters. The number of hydrogen-bond donors (Lipinski definition) is 1. The molecule has 0 saturated carbocycles. The first-order valence-corrected chi connectivity index (χ1v) is 17.4. The number of halogens is 1. The lowest BCUT2D eigenvalue weighted by Crippen LogP contribution is -2.31. The van der Waals surface area contributed by atoms with Crippen LogP contribution in [0.3, 0.4) is 0 Å². The van der Waals surface area contributed by atoms with Gasteiger partial charge < -0.3 is 19.7 Å². The second-order valence-electron chi connectivity index (χ2n) is 12.1. The molecule has 7 nitrogen and oxygen atoms in total. The van der Waals surface area contributed by atoms with Gasteiger partial charge in [0.25, 0.3) is 5.91 Å². The molecule has 0 spiro atoms. The minimum Gasteiger partial charge on any atom is -0.493 e. The zero-order chi connectivity index (χ0) is 33.6. The number of anilines is 1. The van der Waals surface area contributed by atoms with E-state index in [0.29, 0.717) is 45.5 Å². The Kier molecular flexibility index (Phi) is 10.0. The summed E-state index contributed by atoms with van der Waals surface area (Å²) in [6.45, 7) is 3.95. The van der Waals surface area contributed by atoms with E-state index in [1.807, 2.05) is 72.8 Å². The zero-order valence-electron chi connectivity index (χ0n) is 27.3. The zero-order valence-corrected chi connectivity index (χ0v) is 28.1. The second-order valence-corrected chi connectivity index (χ2v) is 13.2. The van der Waals surface area contributed by atoms with Crippen molar-refractivity contribution >= 4 is 45.2 Å². The van der Waals surface area contributed by atoms with Gasteiger partial charge in [-0.25, -0.2) is 9.37 Å². The van der Waals surface area contributed by atoms with Crippen molar-refractivity contribution in [2.75, 3.05) is 38.7 Å². The van der Waals surface area contributed by atoms with Crippen LogP contribution in [0.4, 0.5) is 10.1 Å². The number of pyridine rings is 2. The Labute approximate surface area is 289 Å². The first-order valence-electron chi connectivity index (χ1n) is 16.6. The van der Waals surface area contributed by atoms with Crippen molar-refractivity contribution in [2.24, 2.45) is 0 Å². The van der Waals surface area contributed by atoms with Crippen LogP contribution < -0.4 is 14.8 Å². The normalized spacial score (nSPS) is 13.4. The lowest BCUT2D eigenvalue weighted by molar-refractivity contribution is 0.102. The molecular weight excluding hydrogens is 636 g/mol. The van der Waals surface area contributed by atoms with Crippen molar-refractivity contribution in [1.82, 2.24) is 14.9 Å². The van der Waals surface area contributed by atoms with E-state index in [-0.39, 0.29) is 5.91 Å². The maximum absolute atomic E-state index is 15.6. The van der Waals surface area contributed by atoms with Crippen molar-refractivity contribution in [3.8, 4) is 22.8 Å². The van der Waals surface area contributed by atoms with E-state index >= 15 is 4.39 Å². The van der Waals surface area contributed by atoms with Crippen LogP contribution in [0.2, 0.25) is 0 Å². The summed E-state index contributed by atoms with van der Waals surface area (Å²) in [4.78, 5) is 26.7. The van der Waals surface area contributed by atoms with Crippen LogP contribution in [-0.4, -0.2) is 54.1 Å². The molecule has 3 heterocycles. The lowest BCUT2D eigenvalue weighted by atomic mass is 10.0. The smallest absolute Gasteiger partial charge is 0.256 e. The van der Waals surface area contributed by atoms with E-state index < -0.39 is 5.82 Å². The fraction of sp³-hybridized carbons (Fsp3) is 0.225. The summed E-state index contributed by atoms with van der Waals surface area (Å²) in [5.74, 6) is 0.468. The third-order valence-electron chi connectivity index (χ3n) is 8.75. The van der Waals surface area contributed by atoms with Crippen molar-refractivity contribution in [3.05, 3.63) is 115 Å². The molecule has 9 heteroatoms. The maximum Gasteiger partial charge on any atom is 0.256 e. The fourth-order valence-electron chi connectivity index (χ4n) is 6.24. The topological polar surface area (TPSA) is 76.6 Å². The largest absolute Gasteiger partial charge is 0.493 e. The number of aromatic nitrogens is 2. The molecule has 1 saturated heterocycles. The summed E-state index contributed by atoms with van der Waals surface area (Å²) in [5.41, 5.74) is 3.86. The molecule has 248 valence electrons. The predicted octanol–water partition coefficient (Wildman–Crippen LogP) is 9.26. The van der Waals surface area contributed by atoms with Gasteiger partial charge in [0.05, 0.1) is 36.0 Å². The SMILES string of the molecule is COc1cc2c(Sc3ccc(NC(=O)c4cc(-c5ccccc5)nc5ccccc45)cc3F)ccnc2cc1OCCCN1CCCCC1. The monoisotopic (exact) mass is 672 g/mol. The number of fused-ring (bicyclic) bond motifs is 2. The Morgan fingerprint density at radius 2 is 1.67 bits per heavy atom. The second kappa shape index (κ2) is 15.1. The number of ether oxygens (including phenoxy) is 2. The average Bonchev–Trinajstić information content (AvgIpc) is 3.14. The molecule has 1 N–H and O–H groups in total. The Hall–Kier alpha value is -4.99. The van der Waals surface area contributed by atoms with Crippen LogP contribution in [-0.2, 0) is 0 Å². The number of nitrogens with one attached hydrogen (secondary N) is 1. The number of carbonyl (C=O) groups excluding carboxylic acids is 1. The molecule has 0 aliphatic carbocycles. The van der Waals surface area contributed by atoms with E-state index in [1.165, 1.54) is 50.2 Å². The van der Waals surface area contributed by atoms with Gasteiger partial charge >= 0.3 is 0 Å². The Balaban J connectivity index is 1.07. The van der Waals surface area contributed by atoms with Crippen molar-refractivity contribution in [3.63, 3.8) is 0 Å². The summed E-state index contributed by atoms with van der Waals surface area (Å²) in [6.07, 6.45) is 6.53. The maximum atomic E-state index is 15.6. The third-order valence-corrected chi connectivity index (χ3v) is 9.88. The highest BCUT2D eigenvalue weighted by molar-refractivity contribution is 7.99. The highest BCUT2D eigenvalue weighted by Gasteiger charge is 2.17. The first-order chi connectivity index (χ1) is 24.1. The van der Waals surface area contributed by atoms with Gasteiger partial charge in [-0.3, -0.25) is 9.78 Å². The van der Waals surface area contributed by atoms with Crippen LogP contribution in [0.15, 0.2) is 113 Å². The summed E-state index contributed by atoms with van der Waals surface area (Å²) in [5, 5.41) is 4.45. The number of likely N-dealkylation sites (tertiary alicyclic amines) is 1. The van der Waals surface area contributed by atoms with Gasteiger partial charge in [-0.05, 0) is 74.8 Å². The number of nitrogens with zero attached hydrogens (tertiary/aromatic N) is 3. The number of amides is 1. The van der Waals surface area contributed by atoms with Crippen LogP contribution in [0.5, 0.6) is 11.5 Å². The van der Waals surface area contributed by atoms with Crippen LogP contribution >= 0.6 is 11.8 Å². The standard InChI is InChI=1S/C40H37FN4O3S/c1-47-36-25-31-35(26-37(36)48-22-10-21-45-19-8-3-9-20-45)42-18-17-38(31)49-39-16-15-28(23-32(39)41)43-40(46)30-24-34(27-11-4-2-5-12-27)44-33-14-7-6-13-29(30)33/h2,4-7,11-18,23-26H,3,8-10,19-22H2,1H3,(H,43,46). The van der Waals surface area contributed by atoms with Gasteiger partial charge in [-0.1, -0.05) is 66.7 Å². The number of methoxy groups -OCH3 is 1. The predicted molar refractivity (Wildman–Crippen MR) is 194 cm³/mol. The van der Waals surface area contributed by atoms with Gasteiger partial charge in [0.1, 0.15) is 5.82 Å². The quantitative estimate of drug-likeness (QED) is 0.138. The first kappa shape index (κ1) is 32.6. The van der Waals surface area contributed by atoms with Gasteiger partial charge in [-0.2, -0.15) is 0 Å². The van der Waals surface area contributed by atoms with Crippen molar-refractivity contribution in [1.29, 1.82) is 0 Å². The lowest BCUT2D eigenvalue weighted by Gasteiger charge is -2.26. The van der Waals surface area contributed by atoms with Gasteiger partial charge in [0.15, 0.2) is 11.5 Å².